The fourth-order valence-corrected chi connectivity index (χ4v) is 4.08. The van der Waals surface area contributed by atoms with Crippen LogP contribution in [0.4, 0.5) is 0 Å². The van der Waals surface area contributed by atoms with E-state index in [1.54, 1.807) is 0 Å². The molecule has 2 atom stereocenters. The number of ether oxygens (including phenoxy) is 1. The van der Waals surface area contributed by atoms with Gasteiger partial charge in [0.05, 0.1) is 11.7 Å². The molecule has 3 nitrogen and oxygen atoms in total. The first-order chi connectivity index (χ1) is 9.99. The Morgan fingerprint density at radius 2 is 1.81 bits per heavy atom. The third-order valence-electron chi connectivity index (χ3n) is 5.12. The van der Waals surface area contributed by atoms with Crippen LogP contribution in [0.25, 0.3) is 0 Å². The smallest absolute Gasteiger partial charge is 0.125 e. The minimum Gasteiger partial charge on any atom is -0.491 e. The van der Waals surface area contributed by atoms with Crippen LogP contribution < -0.4 is 4.74 Å². The molecule has 3 heteroatoms. The molecule has 21 heavy (non-hydrogen) atoms. The van der Waals surface area contributed by atoms with E-state index in [-0.39, 0.29) is 6.10 Å². The highest BCUT2D eigenvalue weighted by atomic mass is 16.5. The molecule has 116 valence electrons. The van der Waals surface area contributed by atoms with E-state index >= 15 is 0 Å². The van der Waals surface area contributed by atoms with Crippen molar-refractivity contribution in [2.75, 3.05) is 7.05 Å². The van der Waals surface area contributed by atoms with E-state index in [1.165, 1.54) is 19.3 Å². The number of hydrogen-bond acceptors (Lipinski definition) is 3. The number of benzene rings is 1. The molecule has 0 radical (unpaired) electrons. The number of hydrogen-bond donors (Lipinski definition) is 1. The summed E-state index contributed by atoms with van der Waals surface area (Å²) in [5.41, 5.74) is 0.233. The maximum Gasteiger partial charge on any atom is 0.125 e. The monoisotopic (exact) mass is 289 g/mol. The fourth-order valence-electron chi connectivity index (χ4n) is 4.08. The van der Waals surface area contributed by atoms with Crippen LogP contribution in [-0.2, 0) is 5.60 Å². The van der Waals surface area contributed by atoms with Gasteiger partial charge in [-0.25, -0.2) is 0 Å². The number of aliphatic hydroxyl groups is 1. The van der Waals surface area contributed by atoms with Crippen molar-refractivity contribution in [3.63, 3.8) is 0 Å². The summed E-state index contributed by atoms with van der Waals surface area (Å²) in [6.07, 6.45) is 5.45. The summed E-state index contributed by atoms with van der Waals surface area (Å²) < 4.78 is 5.94. The van der Waals surface area contributed by atoms with Gasteiger partial charge in [-0.3, -0.25) is 0 Å². The second kappa shape index (κ2) is 5.62. The van der Waals surface area contributed by atoms with E-state index in [4.69, 9.17) is 4.74 Å². The maximum atomic E-state index is 11.4. The van der Waals surface area contributed by atoms with Crippen LogP contribution in [0.1, 0.15) is 51.5 Å². The predicted molar refractivity (Wildman–Crippen MR) is 84.5 cm³/mol. The molecule has 2 aliphatic rings. The van der Waals surface area contributed by atoms with Crippen molar-refractivity contribution in [3.8, 4) is 5.75 Å². The van der Waals surface area contributed by atoms with Gasteiger partial charge in [0, 0.05) is 17.6 Å². The quantitative estimate of drug-likeness (QED) is 0.926. The lowest BCUT2D eigenvalue weighted by Gasteiger charge is -2.51. The molecule has 3 rings (SSSR count). The second-order valence-corrected chi connectivity index (χ2v) is 7.01. The zero-order valence-electron chi connectivity index (χ0n) is 13.4. The molecule has 1 aromatic rings. The Bertz CT molecular complexity index is 486. The Morgan fingerprint density at radius 1 is 1.19 bits per heavy atom. The third-order valence-corrected chi connectivity index (χ3v) is 5.12. The van der Waals surface area contributed by atoms with Gasteiger partial charge >= 0.3 is 0 Å². The molecule has 1 aromatic carbocycles. The first kappa shape index (κ1) is 14.9. The topological polar surface area (TPSA) is 32.7 Å². The van der Waals surface area contributed by atoms with Crippen LogP contribution in [0.5, 0.6) is 5.75 Å². The van der Waals surface area contributed by atoms with Crippen molar-refractivity contribution in [3.05, 3.63) is 29.8 Å². The summed E-state index contributed by atoms with van der Waals surface area (Å²) in [5.74, 6) is 0.845. The summed E-state index contributed by atoms with van der Waals surface area (Å²) in [4.78, 5) is 2.48. The SMILES string of the molecule is CC(C)Oc1ccccc1C1(O)CC2CCCC(C1)N2C. The van der Waals surface area contributed by atoms with Crippen LogP contribution in [-0.4, -0.2) is 35.2 Å². The lowest BCUT2D eigenvalue weighted by atomic mass is 9.72. The zero-order valence-corrected chi connectivity index (χ0v) is 13.4. The Labute approximate surface area is 127 Å². The van der Waals surface area contributed by atoms with Crippen molar-refractivity contribution in [2.24, 2.45) is 0 Å². The second-order valence-electron chi connectivity index (χ2n) is 7.01. The van der Waals surface area contributed by atoms with Crippen LogP contribution >= 0.6 is 0 Å². The molecule has 0 amide bonds. The lowest BCUT2D eigenvalue weighted by molar-refractivity contribution is -0.0887. The van der Waals surface area contributed by atoms with Gasteiger partial charge < -0.3 is 14.7 Å². The highest BCUT2D eigenvalue weighted by molar-refractivity contribution is 5.39. The van der Waals surface area contributed by atoms with Gasteiger partial charge in [0.25, 0.3) is 0 Å². The standard InChI is InChI=1S/C18H27NO2/c1-13(2)21-17-10-5-4-9-16(17)18(20)11-14-7-6-8-15(12-18)19(14)3/h4-5,9-10,13-15,20H,6-8,11-12H2,1-3H3. The van der Waals surface area contributed by atoms with Crippen LogP contribution in [0.15, 0.2) is 24.3 Å². The van der Waals surface area contributed by atoms with Crippen molar-refractivity contribution in [1.29, 1.82) is 0 Å². The first-order valence-electron chi connectivity index (χ1n) is 8.20. The van der Waals surface area contributed by atoms with Gasteiger partial charge in [0.2, 0.25) is 0 Å². The molecular weight excluding hydrogens is 262 g/mol. The van der Waals surface area contributed by atoms with E-state index in [1.807, 2.05) is 38.1 Å². The molecule has 2 fully saturated rings. The third kappa shape index (κ3) is 2.82. The molecule has 2 bridgehead atoms. The van der Waals surface area contributed by atoms with E-state index in [9.17, 15) is 5.11 Å². The van der Waals surface area contributed by atoms with Gasteiger partial charge in [0.15, 0.2) is 0 Å². The van der Waals surface area contributed by atoms with Crippen LogP contribution in [0.2, 0.25) is 0 Å². The summed E-state index contributed by atoms with van der Waals surface area (Å²) in [5, 5.41) is 11.4. The van der Waals surface area contributed by atoms with E-state index < -0.39 is 5.60 Å². The molecule has 2 saturated heterocycles. The first-order valence-corrected chi connectivity index (χ1v) is 8.20. The summed E-state index contributed by atoms with van der Waals surface area (Å²) in [7, 11) is 2.21. The van der Waals surface area contributed by atoms with Crippen LogP contribution in [0, 0.1) is 0 Å². The minimum atomic E-state index is -0.742. The molecule has 0 saturated carbocycles. The number of nitrogens with zero attached hydrogens (tertiary/aromatic N) is 1. The highest BCUT2D eigenvalue weighted by Crippen LogP contribution is 2.46. The van der Waals surface area contributed by atoms with Gasteiger partial charge in [-0.1, -0.05) is 24.6 Å². The number of para-hydroxylation sites is 1. The van der Waals surface area contributed by atoms with Crippen molar-refractivity contribution in [1.82, 2.24) is 4.90 Å². The molecule has 0 spiro atoms. The lowest BCUT2D eigenvalue weighted by Crippen LogP contribution is -2.55. The van der Waals surface area contributed by atoms with E-state index in [2.05, 4.69) is 11.9 Å². The maximum absolute atomic E-state index is 11.4. The van der Waals surface area contributed by atoms with Gasteiger partial charge in [-0.15, -0.1) is 0 Å². The zero-order chi connectivity index (χ0) is 15.0. The molecule has 2 aliphatic heterocycles. The Balaban J connectivity index is 1.92. The minimum absolute atomic E-state index is 0.125. The number of fused-ring (bicyclic) bond motifs is 2. The highest BCUT2D eigenvalue weighted by Gasteiger charge is 2.46. The van der Waals surface area contributed by atoms with E-state index in [0.717, 1.165) is 24.2 Å². The molecule has 1 N–H and O–H groups in total. The Kier molecular flexibility index (Phi) is 3.98. The average molecular weight is 289 g/mol. The van der Waals surface area contributed by atoms with Gasteiger partial charge in [-0.05, 0) is 52.6 Å². The number of piperidine rings is 2. The molecule has 0 aliphatic carbocycles. The fraction of sp³-hybridized carbons (Fsp3) is 0.667. The van der Waals surface area contributed by atoms with Crippen molar-refractivity contribution in [2.45, 2.75) is 69.7 Å². The van der Waals surface area contributed by atoms with Crippen LogP contribution in [0.3, 0.4) is 0 Å². The van der Waals surface area contributed by atoms with Gasteiger partial charge in [-0.2, -0.15) is 0 Å². The largest absolute Gasteiger partial charge is 0.491 e. The molecular formula is C18H27NO2. The summed E-state index contributed by atoms with van der Waals surface area (Å²) in [6, 6.07) is 9.01. The van der Waals surface area contributed by atoms with Crippen molar-refractivity contribution < 1.29 is 9.84 Å². The molecule has 2 unspecified atom stereocenters. The predicted octanol–water partition coefficient (Wildman–Crippen LogP) is 3.31. The summed E-state index contributed by atoms with van der Waals surface area (Å²) in [6.45, 7) is 4.06. The Hall–Kier alpha value is -1.06. The average Bonchev–Trinajstić information content (AvgIpc) is 2.41. The van der Waals surface area contributed by atoms with Gasteiger partial charge in [0.1, 0.15) is 5.75 Å². The normalized spacial score (nSPS) is 33.2. The molecule has 2 heterocycles. The van der Waals surface area contributed by atoms with E-state index in [0.29, 0.717) is 12.1 Å². The summed E-state index contributed by atoms with van der Waals surface area (Å²) >= 11 is 0. The van der Waals surface area contributed by atoms with Crippen molar-refractivity contribution >= 4 is 0 Å². The molecule has 0 aromatic heterocycles. The number of rotatable bonds is 3. The Morgan fingerprint density at radius 3 is 2.43 bits per heavy atom.